The van der Waals surface area contributed by atoms with Crippen molar-refractivity contribution in [1.82, 2.24) is 4.98 Å². The summed E-state index contributed by atoms with van der Waals surface area (Å²) >= 11 is 0. The van der Waals surface area contributed by atoms with E-state index in [1.807, 2.05) is 44.0 Å². The molecule has 136 valence electrons. The van der Waals surface area contributed by atoms with Crippen molar-refractivity contribution in [3.05, 3.63) is 59.4 Å². The van der Waals surface area contributed by atoms with Crippen molar-refractivity contribution < 1.29 is 14.7 Å². The van der Waals surface area contributed by atoms with E-state index < -0.39 is 23.2 Å². The van der Waals surface area contributed by atoms with Crippen molar-refractivity contribution in [3.63, 3.8) is 0 Å². The minimum atomic E-state index is -1.71. The lowest BCUT2D eigenvalue weighted by atomic mass is 9.74. The summed E-state index contributed by atoms with van der Waals surface area (Å²) in [5.74, 6) is -1.67. The summed E-state index contributed by atoms with van der Waals surface area (Å²) in [5, 5.41) is 10.0. The van der Waals surface area contributed by atoms with E-state index >= 15 is 0 Å². The molecule has 6 heteroatoms. The van der Waals surface area contributed by atoms with Crippen LogP contribution in [0.1, 0.15) is 41.4 Å². The molecule has 0 amide bonds. The summed E-state index contributed by atoms with van der Waals surface area (Å²) in [7, 11) is 1.86. The van der Waals surface area contributed by atoms with Crippen LogP contribution in [0.4, 0.5) is 5.69 Å². The molecule has 0 saturated heterocycles. The number of rotatable bonds is 5. The third kappa shape index (κ3) is 2.57. The van der Waals surface area contributed by atoms with E-state index in [-0.39, 0.29) is 12.5 Å². The molecule has 2 atom stereocenters. The van der Waals surface area contributed by atoms with Gasteiger partial charge in [-0.25, -0.2) is 0 Å². The standard InChI is InChI=1S/C20H23N3O3/c1-12(2)23(3)16-11-22-9-8-15(16)18(24)20(19(25)26)10-13-6-4-5-7-14(13)17(20)21/h4-9,11-12,17H,10,21H2,1-3H3,(H,25,26). The third-order valence-electron chi connectivity index (χ3n) is 5.38. The van der Waals surface area contributed by atoms with E-state index in [4.69, 9.17) is 5.73 Å². The average molecular weight is 353 g/mol. The van der Waals surface area contributed by atoms with Gasteiger partial charge in [-0.3, -0.25) is 14.6 Å². The van der Waals surface area contributed by atoms with Gasteiger partial charge in [0.25, 0.3) is 0 Å². The molecule has 0 saturated carbocycles. The zero-order valence-corrected chi connectivity index (χ0v) is 15.1. The van der Waals surface area contributed by atoms with Gasteiger partial charge in [0, 0.05) is 24.8 Å². The van der Waals surface area contributed by atoms with E-state index in [2.05, 4.69) is 4.98 Å². The van der Waals surface area contributed by atoms with Crippen LogP contribution in [0, 0.1) is 5.41 Å². The molecule has 0 aliphatic heterocycles. The highest BCUT2D eigenvalue weighted by molar-refractivity contribution is 6.16. The lowest BCUT2D eigenvalue weighted by Crippen LogP contribution is -2.46. The number of anilines is 1. The Morgan fingerprint density at radius 1 is 1.31 bits per heavy atom. The van der Waals surface area contributed by atoms with Gasteiger partial charge in [-0.2, -0.15) is 0 Å². The molecule has 6 nitrogen and oxygen atoms in total. The van der Waals surface area contributed by atoms with Crippen LogP contribution in [0.3, 0.4) is 0 Å². The summed E-state index contributed by atoms with van der Waals surface area (Å²) in [6.45, 7) is 3.98. The first-order valence-electron chi connectivity index (χ1n) is 8.59. The van der Waals surface area contributed by atoms with Gasteiger partial charge < -0.3 is 15.7 Å². The molecule has 1 heterocycles. The predicted molar refractivity (Wildman–Crippen MR) is 99.2 cm³/mol. The number of aliphatic carboxylic acids is 1. The number of carbonyl (C=O) groups excluding carboxylic acids is 1. The fourth-order valence-electron chi connectivity index (χ4n) is 3.58. The van der Waals surface area contributed by atoms with Gasteiger partial charge in [-0.05, 0) is 37.5 Å². The summed E-state index contributed by atoms with van der Waals surface area (Å²) in [5.41, 5.74) is 7.08. The second-order valence-corrected chi connectivity index (χ2v) is 7.06. The molecule has 0 fully saturated rings. The predicted octanol–water partition coefficient (Wildman–Crippen LogP) is 2.44. The summed E-state index contributed by atoms with van der Waals surface area (Å²) in [6, 6.07) is 8.09. The van der Waals surface area contributed by atoms with Crippen LogP contribution < -0.4 is 10.6 Å². The monoisotopic (exact) mass is 353 g/mol. The fraction of sp³-hybridized carbons (Fsp3) is 0.350. The van der Waals surface area contributed by atoms with Gasteiger partial charge in [-0.15, -0.1) is 0 Å². The van der Waals surface area contributed by atoms with Gasteiger partial charge in [0.15, 0.2) is 11.2 Å². The lowest BCUT2D eigenvalue weighted by molar-refractivity contribution is -0.146. The van der Waals surface area contributed by atoms with Gasteiger partial charge in [0.1, 0.15) is 0 Å². The molecule has 2 unspecified atom stereocenters. The van der Waals surface area contributed by atoms with Crippen molar-refractivity contribution in [2.75, 3.05) is 11.9 Å². The molecule has 3 rings (SSSR count). The number of hydrogen-bond acceptors (Lipinski definition) is 5. The van der Waals surface area contributed by atoms with E-state index in [0.29, 0.717) is 11.3 Å². The number of fused-ring (bicyclic) bond motifs is 1. The van der Waals surface area contributed by atoms with Crippen molar-refractivity contribution >= 4 is 17.4 Å². The maximum Gasteiger partial charge on any atom is 0.319 e. The highest BCUT2D eigenvalue weighted by Crippen LogP contribution is 2.47. The first kappa shape index (κ1) is 18.1. The normalized spacial score (nSPS) is 21.5. The van der Waals surface area contributed by atoms with Crippen LogP contribution in [-0.4, -0.2) is 34.9 Å². The Labute approximate surface area is 152 Å². The first-order chi connectivity index (χ1) is 12.3. The lowest BCUT2D eigenvalue weighted by Gasteiger charge is -2.31. The highest BCUT2D eigenvalue weighted by Gasteiger charge is 2.56. The Balaban J connectivity index is 2.13. The first-order valence-corrected chi connectivity index (χ1v) is 8.59. The number of hydrogen-bond donors (Lipinski definition) is 2. The number of benzene rings is 1. The molecule has 1 aromatic heterocycles. The van der Waals surface area contributed by atoms with Crippen LogP contribution in [0.5, 0.6) is 0 Å². The molecular weight excluding hydrogens is 330 g/mol. The van der Waals surface area contributed by atoms with Crippen molar-refractivity contribution in [2.24, 2.45) is 11.1 Å². The van der Waals surface area contributed by atoms with Crippen molar-refractivity contribution in [1.29, 1.82) is 0 Å². The van der Waals surface area contributed by atoms with E-state index in [9.17, 15) is 14.7 Å². The number of Topliss-reactive ketones (excluding diaryl/α,β-unsaturated/α-hetero) is 1. The number of pyridine rings is 1. The topological polar surface area (TPSA) is 96.5 Å². The van der Waals surface area contributed by atoms with Crippen molar-refractivity contribution in [2.45, 2.75) is 32.4 Å². The van der Waals surface area contributed by atoms with Gasteiger partial charge in [0.2, 0.25) is 0 Å². The Bertz CT molecular complexity index is 865. The van der Waals surface area contributed by atoms with Crippen LogP contribution in [-0.2, 0) is 11.2 Å². The van der Waals surface area contributed by atoms with Gasteiger partial charge in [-0.1, -0.05) is 24.3 Å². The molecule has 1 aliphatic rings. The van der Waals surface area contributed by atoms with Crippen LogP contribution in [0.2, 0.25) is 0 Å². The van der Waals surface area contributed by atoms with Gasteiger partial charge >= 0.3 is 5.97 Å². The molecule has 2 aromatic rings. The zero-order chi connectivity index (χ0) is 19.1. The van der Waals surface area contributed by atoms with Crippen LogP contribution in [0.25, 0.3) is 0 Å². The number of carboxylic acids is 1. The third-order valence-corrected chi connectivity index (χ3v) is 5.38. The molecule has 0 radical (unpaired) electrons. The molecular formula is C20H23N3O3. The maximum atomic E-state index is 13.5. The van der Waals surface area contributed by atoms with Gasteiger partial charge in [0.05, 0.1) is 17.9 Å². The highest BCUT2D eigenvalue weighted by atomic mass is 16.4. The minimum absolute atomic E-state index is 0.0890. The summed E-state index contributed by atoms with van der Waals surface area (Å²) in [4.78, 5) is 31.8. The Morgan fingerprint density at radius 2 is 2.00 bits per heavy atom. The Kier molecular flexibility index (Phi) is 4.54. The van der Waals surface area contributed by atoms with E-state index in [1.54, 1.807) is 18.3 Å². The molecule has 1 aromatic carbocycles. The Morgan fingerprint density at radius 3 is 2.62 bits per heavy atom. The molecule has 0 bridgehead atoms. The Hall–Kier alpha value is -2.73. The van der Waals surface area contributed by atoms with E-state index in [1.165, 1.54) is 6.20 Å². The van der Waals surface area contributed by atoms with Crippen LogP contribution in [0.15, 0.2) is 42.7 Å². The smallest absolute Gasteiger partial charge is 0.319 e. The van der Waals surface area contributed by atoms with Crippen LogP contribution >= 0.6 is 0 Å². The zero-order valence-electron chi connectivity index (χ0n) is 15.1. The number of carboxylic acid groups (broad SMARTS) is 1. The second kappa shape index (κ2) is 6.53. The molecule has 0 spiro atoms. The maximum absolute atomic E-state index is 13.5. The van der Waals surface area contributed by atoms with E-state index in [0.717, 1.165) is 11.1 Å². The molecule has 26 heavy (non-hydrogen) atoms. The number of nitrogens with zero attached hydrogens (tertiary/aromatic N) is 2. The summed E-state index contributed by atoms with van der Waals surface area (Å²) < 4.78 is 0. The quantitative estimate of drug-likeness (QED) is 0.633. The number of nitrogens with two attached hydrogens (primary N) is 1. The minimum Gasteiger partial charge on any atom is -0.480 e. The largest absolute Gasteiger partial charge is 0.480 e. The summed E-state index contributed by atoms with van der Waals surface area (Å²) in [6.07, 6.45) is 3.19. The fourth-order valence-corrected chi connectivity index (χ4v) is 3.58. The number of aromatic nitrogens is 1. The number of ketones is 1. The average Bonchev–Trinajstić information content (AvgIpc) is 2.94. The van der Waals surface area contributed by atoms with Crippen molar-refractivity contribution in [3.8, 4) is 0 Å². The second-order valence-electron chi connectivity index (χ2n) is 7.06. The SMILES string of the molecule is CC(C)N(C)c1cnccc1C(=O)C1(C(=O)O)Cc2ccccc2C1N. The number of carbonyl (C=O) groups is 2. The molecule has 3 N–H and O–H groups in total. The molecule has 1 aliphatic carbocycles.